The van der Waals surface area contributed by atoms with E-state index >= 15 is 0 Å². The third kappa shape index (κ3) is 3.53. The molecule has 2 fully saturated rings. The molecule has 0 spiro atoms. The van der Waals surface area contributed by atoms with E-state index in [9.17, 15) is 9.90 Å². The molecular formula is C18H24ClNO2. The average molecular weight is 322 g/mol. The van der Waals surface area contributed by atoms with Crippen molar-refractivity contribution in [1.82, 2.24) is 4.90 Å². The van der Waals surface area contributed by atoms with E-state index in [1.165, 1.54) is 6.42 Å². The van der Waals surface area contributed by atoms with Gasteiger partial charge in [-0.3, -0.25) is 9.69 Å². The van der Waals surface area contributed by atoms with Crippen molar-refractivity contribution >= 4 is 17.4 Å². The molecule has 1 saturated carbocycles. The summed E-state index contributed by atoms with van der Waals surface area (Å²) in [6.07, 6.45) is 5.98. The van der Waals surface area contributed by atoms with Crippen LogP contribution in [0.4, 0.5) is 0 Å². The van der Waals surface area contributed by atoms with Crippen LogP contribution in [0.2, 0.25) is 5.02 Å². The minimum atomic E-state index is -0.183. The molecule has 0 amide bonds. The highest BCUT2D eigenvalue weighted by atomic mass is 35.5. The third-order valence-corrected chi connectivity index (χ3v) is 5.44. The molecule has 0 aromatic heterocycles. The molecule has 22 heavy (non-hydrogen) atoms. The average Bonchev–Trinajstić information content (AvgIpc) is 2.56. The first-order valence-electron chi connectivity index (χ1n) is 8.37. The Balaban J connectivity index is 1.57. The zero-order valence-corrected chi connectivity index (χ0v) is 13.6. The Bertz CT molecular complexity index is 508. The van der Waals surface area contributed by atoms with Crippen molar-refractivity contribution in [1.29, 1.82) is 0 Å². The summed E-state index contributed by atoms with van der Waals surface area (Å²) in [6.45, 7) is 1.84. The van der Waals surface area contributed by atoms with Crippen LogP contribution < -0.4 is 0 Å². The van der Waals surface area contributed by atoms with E-state index in [1.54, 1.807) is 12.1 Å². The number of piperidine rings is 1. The SMILES string of the molecule is O=C(c1ccc(Cl)cc1)C1CCN(C2CCCCC2O)CC1. The predicted octanol–water partition coefficient (Wildman–Crippen LogP) is 3.54. The van der Waals surface area contributed by atoms with Crippen LogP contribution in [0.1, 0.15) is 48.9 Å². The highest BCUT2D eigenvalue weighted by Crippen LogP contribution is 2.29. The lowest BCUT2D eigenvalue weighted by Gasteiger charge is -2.41. The van der Waals surface area contributed by atoms with Gasteiger partial charge in [0.25, 0.3) is 0 Å². The maximum absolute atomic E-state index is 12.5. The Kier molecular flexibility index (Phi) is 5.17. The summed E-state index contributed by atoms with van der Waals surface area (Å²) in [7, 11) is 0. The number of benzene rings is 1. The van der Waals surface area contributed by atoms with Crippen molar-refractivity contribution < 1.29 is 9.90 Å². The van der Waals surface area contributed by atoms with Crippen molar-refractivity contribution in [2.24, 2.45) is 5.92 Å². The Hall–Kier alpha value is -0.900. The number of hydrogen-bond donors (Lipinski definition) is 1. The molecule has 0 bridgehead atoms. The fourth-order valence-corrected chi connectivity index (χ4v) is 3.99. The van der Waals surface area contributed by atoms with Gasteiger partial charge in [-0.05, 0) is 63.0 Å². The lowest BCUT2D eigenvalue weighted by molar-refractivity contribution is 0.00500. The predicted molar refractivity (Wildman–Crippen MR) is 88.3 cm³/mol. The summed E-state index contributed by atoms with van der Waals surface area (Å²) < 4.78 is 0. The van der Waals surface area contributed by atoms with E-state index in [1.807, 2.05) is 12.1 Å². The summed E-state index contributed by atoms with van der Waals surface area (Å²) in [5.41, 5.74) is 0.764. The van der Waals surface area contributed by atoms with Gasteiger partial charge >= 0.3 is 0 Å². The topological polar surface area (TPSA) is 40.5 Å². The number of aliphatic hydroxyl groups is 1. The number of carbonyl (C=O) groups excluding carboxylic acids is 1. The quantitative estimate of drug-likeness (QED) is 0.866. The highest BCUT2D eigenvalue weighted by Gasteiger charge is 2.33. The number of ketones is 1. The van der Waals surface area contributed by atoms with Crippen LogP contribution in [0.25, 0.3) is 0 Å². The molecule has 1 aliphatic heterocycles. The van der Waals surface area contributed by atoms with Crippen molar-refractivity contribution in [3.63, 3.8) is 0 Å². The van der Waals surface area contributed by atoms with Gasteiger partial charge in [0, 0.05) is 22.5 Å². The lowest BCUT2D eigenvalue weighted by atomic mass is 9.85. The molecule has 3 rings (SSSR count). The Morgan fingerprint density at radius 3 is 2.32 bits per heavy atom. The van der Waals surface area contributed by atoms with Gasteiger partial charge < -0.3 is 5.11 Å². The van der Waals surface area contributed by atoms with Gasteiger partial charge in [-0.1, -0.05) is 24.4 Å². The van der Waals surface area contributed by atoms with Crippen LogP contribution >= 0.6 is 11.6 Å². The molecular weight excluding hydrogens is 298 g/mol. The summed E-state index contributed by atoms with van der Waals surface area (Å²) in [4.78, 5) is 14.9. The second-order valence-electron chi connectivity index (χ2n) is 6.60. The van der Waals surface area contributed by atoms with Crippen LogP contribution in [0, 0.1) is 5.92 Å². The summed E-state index contributed by atoms with van der Waals surface area (Å²) in [6, 6.07) is 7.51. The monoisotopic (exact) mass is 321 g/mol. The van der Waals surface area contributed by atoms with E-state index in [2.05, 4.69) is 4.90 Å². The zero-order valence-electron chi connectivity index (χ0n) is 12.9. The fraction of sp³-hybridized carbons (Fsp3) is 0.611. The zero-order chi connectivity index (χ0) is 15.5. The van der Waals surface area contributed by atoms with E-state index in [0.29, 0.717) is 11.1 Å². The molecule has 120 valence electrons. The van der Waals surface area contributed by atoms with Crippen LogP contribution in [-0.2, 0) is 0 Å². The van der Waals surface area contributed by atoms with Crippen LogP contribution in [0.15, 0.2) is 24.3 Å². The second-order valence-corrected chi connectivity index (χ2v) is 7.04. The maximum atomic E-state index is 12.5. The molecule has 1 heterocycles. The Morgan fingerprint density at radius 2 is 1.68 bits per heavy atom. The van der Waals surface area contributed by atoms with Crippen molar-refractivity contribution in [3.05, 3.63) is 34.9 Å². The fourth-order valence-electron chi connectivity index (χ4n) is 3.86. The number of halogens is 1. The minimum Gasteiger partial charge on any atom is -0.391 e. The smallest absolute Gasteiger partial charge is 0.166 e. The van der Waals surface area contributed by atoms with Crippen LogP contribution in [0.3, 0.4) is 0 Å². The van der Waals surface area contributed by atoms with Crippen molar-refractivity contribution in [2.45, 2.75) is 50.7 Å². The second kappa shape index (κ2) is 7.12. The Morgan fingerprint density at radius 1 is 1.05 bits per heavy atom. The van der Waals surface area contributed by atoms with E-state index in [0.717, 1.165) is 50.8 Å². The van der Waals surface area contributed by atoms with E-state index < -0.39 is 0 Å². The molecule has 3 nitrogen and oxygen atoms in total. The molecule has 2 unspecified atom stereocenters. The maximum Gasteiger partial charge on any atom is 0.166 e. The summed E-state index contributed by atoms with van der Waals surface area (Å²) in [5, 5.41) is 10.8. The normalized spacial score (nSPS) is 27.7. The van der Waals surface area contributed by atoms with Crippen LogP contribution in [0.5, 0.6) is 0 Å². The van der Waals surface area contributed by atoms with Crippen LogP contribution in [-0.4, -0.2) is 41.0 Å². The first kappa shape index (κ1) is 16.0. The van der Waals surface area contributed by atoms with Gasteiger partial charge in [0.05, 0.1) is 6.10 Å². The van der Waals surface area contributed by atoms with Gasteiger partial charge in [-0.25, -0.2) is 0 Å². The molecule has 1 aromatic carbocycles. The van der Waals surface area contributed by atoms with Gasteiger partial charge in [-0.15, -0.1) is 0 Å². The summed E-state index contributed by atoms with van der Waals surface area (Å²) >= 11 is 5.88. The van der Waals surface area contributed by atoms with Gasteiger partial charge in [0.15, 0.2) is 5.78 Å². The number of hydrogen-bond acceptors (Lipinski definition) is 3. The number of carbonyl (C=O) groups is 1. The third-order valence-electron chi connectivity index (χ3n) is 5.19. The molecule has 2 atom stereocenters. The summed E-state index contributed by atoms with van der Waals surface area (Å²) in [5.74, 6) is 0.346. The lowest BCUT2D eigenvalue weighted by Crippen LogP contribution is -2.49. The molecule has 0 radical (unpaired) electrons. The first-order valence-corrected chi connectivity index (χ1v) is 8.75. The molecule has 1 N–H and O–H groups in total. The van der Waals surface area contributed by atoms with Crippen molar-refractivity contribution in [2.75, 3.05) is 13.1 Å². The number of aliphatic hydroxyl groups excluding tert-OH is 1. The largest absolute Gasteiger partial charge is 0.391 e. The number of likely N-dealkylation sites (tertiary alicyclic amines) is 1. The number of nitrogens with zero attached hydrogens (tertiary/aromatic N) is 1. The standard InChI is InChI=1S/C18H24ClNO2/c19-15-7-5-13(6-8-15)18(22)14-9-11-20(12-10-14)16-3-1-2-4-17(16)21/h5-8,14,16-17,21H,1-4,9-12H2. The number of Topliss-reactive ketones (excluding diaryl/α,β-unsaturated/α-hetero) is 1. The minimum absolute atomic E-state index is 0.109. The van der Waals surface area contributed by atoms with Crippen molar-refractivity contribution in [3.8, 4) is 0 Å². The molecule has 1 aromatic rings. The molecule has 4 heteroatoms. The molecule has 1 aliphatic carbocycles. The van der Waals surface area contributed by atoms with E-state index in [4.69, 9.17) is 11.6 Å². The van der Waals surface area contributed by atoms with E-state index in [-0.39, 0.29) is 17.8 Å². The van der Waals surface area contributed by atoms with Gasteiger partial charge in [0.2, 0.25) is 0 Å². The Labute approximate surface area is 137 Å². The number of rotatable bonds is 3. The first-order chi connectivity index (χ1) is 10.6. The van der Waals surface area contributed by atoms with Gasteiger partial charge in [-0.2, -0.15) is 0 Å². The van der Waals surface area contributed by atoms with Gasteiger partial charge in [0.1, 0.15) is 0 Å². The molecule has 2 aliphatic rings. The highest BCUT2D eigenvalue weighted by molar-refractivity contribution is 6.30. The molecule has 1 saturated heterocycles.